The normalized spacial score (nSPS) is 15.7. The van der Waals surface area contributed by atoms with Crippen molar-refractivity contribution < 1.29 is 139 Å². The Balaban J connectivity index is 0.0000176. The van der Waals surface area contributed by atoms with Gasteiger partial charge < -0.3 is 9.29 Å². The molecule has 43 heavy (non-hydrogen) atoms. The van der Waals surface area contributed by atoms with Crippen LogP contribution in [0.1, 0.15) is 0 Å². The molecule has 0 bridgehead atoms. The first-order valence-electron chi connectivity index (χ1n) is 9.16. The molecule has 1 rings (SSSR count). The van der Waals surface area contributed by atoms with Gasteiger partial charge in [-0.15, -0.1) is 0 Å². The molecule has 0 saturated carbocycles. The van der Waals surface area contributed by atoms with Gasteiger partial charge in [0.15, 0.2) is 0 Å². The minimum atomic E-state index is -9.34. The monoisotopic (exact) mass is 714 g/mol. The van der Waals surface area contributed by atoms with Crippen molar-refractivity contribution in [3.05, 3.63) is 24.3 Å². The zero-order valence-corrected chi connectivity index (χ0v) is 22.1. The largest absolute Gasteiger partial charge is 1.00 e. The van der Waals surface area contributed by atoms with Crippen molar-refractivity contribution in [2.45, 2.75) is 64.6 Å². The molecule has 1 aromatic rings. The first kappa shape index (κ1) is 41.5. The van der Waals surface area contributed by atoms with E-state index < -0.39 is 80.4 Å². The Labute approximate surface area is 244 Å². The van der Waals surface area contributed by atoms with E-state index in [1.807, 2.05) is 0 Å². The second-order valence-electron chi connectivity index (χ2n) is 7.61. The topological polar surface area (TPSA) is 66.4 Å². The number of rotatable bonds is 11. The van der Waals surface area contributed by atoms with Gasteiger partial charge in [0.25, 0.3) is 0 Å². The molecule has 0 heterocycles. The second-order valence-corrected chi connectivity index (χ2v) is 8.96. The van der Waals surface area contributed by atoms with Crippen LogP contribution in [0.3, 0.4) is 0 Å². The van der Waals surface area contributed by atoms with E-state index >= 15 is 0 Å². The van der Waals surface area contributed by atoms with Crippen LogP contribution in [0.25, 0.3) is 0 Å². The Morgan fingerprint density at radius 3 is 1.07 bits per heavy atom. The van der Waals surface area contributed by atoms with Gasteiger partial charge in [0.05, 0.1) is 4.90 Å². The molecule has 0 atom stereocenters. The summed E-state index contributed by atoms with van der Waals surface area (Å²) in [5.41, 5.74) is 0. The molecule has 27 heteroatoms. The number of alkyl halides is 21. The van der Waals surface area contributed by atoms with Gasteiger partial charge in [-0.2, -0.15) is 92.2 Å². The summed E-state index contributed by atoms with van der Waals surface area (Å²) in [5.74, 6) is -74.5. The van der Waals surface area contributed by atoms with Crippen molar-refractivity contribution >= 4 is 10.1 Å². The minimum Gasteiger partial charge on any atom is -0.744 e. The summed E-state index contributed by atoms with van der Waals surface area (Å²) in [7, 11) is -6.11. The van der Waals surface area contributed by atoms with Crippen molar-refractivity contribution in [3.8, 4) is 5.75 Å². The molecule has 0 radical (unpaired) electrons. The molecule has 0 aliphatic rings. The summed E-state index contributed by atoms with van der Waals surface area (Å²) < 4.78 is 315. The van der Waals surface area contributed by atoms with Crippen molar-refractivity contribution in [2.75, 3.05) is 0 Å². The van der Waals surface area contributed by atoms with Crippen LogP contribution in [0, 0.1) is 0 Å². The predicted molar refractivity (Wildman–Crippen MR) is 85.6 cm³/mol. The average molecular weight is 714 g/mol. The molecule has 0 saturated heterocycles. The zero-order chi connectivity index (χ0) is 34.2. The summed E-state index contributed by atoms with van der Waals surface area (Å²) >= 11 is 0. The number of ether oxygens (including phenoxy) is 1. The van der Waals surface area contributed by atoms with Gasteiger partial charge in [-0.1, -0.05) is 12.1 Å². The van der Waals surface area contributed by atoms with E-state index in [1.165, 1.54) is 0 Å². The third-order valence-electron chi connectivity index (χ3n) is 4.84. The molecular weight excluding hydrogens is 710 g/mol. The Bertz CT molecular complexity index is 1270. The maximum Gasteiger partial charge on any atom is 1.00 e. The molecule has 0 amide bonds. The van der Waals surface area contributed by atoms with Gasteiger partial charge >= 0.3 is 89.2 Å². The van der Waals surface area contributed by atoms with Gasteiger partial charge in [-0.25, -0.2) is 8.42 Å². The van der Waals surface area contributed by atoms with E-state index in [0.717, 1.165) is 0 Å². The number of halogens is 21. The maximum absolute atomic E-state index is 13.9. The van der Waals surface area contributed by atoms with Crippen molar-refractivity contribution in [2.24, 2.45) is 0 Å². The van der Waals surface area contributed by atoms with E-state index in [4.69, 9.17) is 0 Å². The summed E-state index contributed by atoms with van der Waals surface area (Å²) in [4.78, 5) is -2.18. The number of benzene rings is 1. The number of hydrogen-bond acceptors (Lipinski definition) is 4. The van der Waals surface area contributed by atoms with Gasteiger partial charge in [-0.05, 0) is 12.1 Å². The molecule has 0 spiro atoms. The van der Waals surface area contributed by atoms with Crippen LogP contribution in [0.4, 0.5) is 92.2 Å². The van der Waals surface area contributed by atoms with E-state index in [-0.39, 0.29) is 47.8 Å². The summed E-state index contributed by atoms with van der Waals surface area (Å²) in [6.07, 6.45) is -15.7. The Hall–Kier alpha value is -1.54. The molecule has 0 unspecified atom stereocenters. The van der Waals surface area contributed by atoms with Crippen molar-refractivity contribution in [1.82, 2.24) is 0 Å². The van der Waals surface area contributed by atoms with Crippen molar-refractivity contribution in [3.63, 3.8) is 0 Å². The fourth-order valence-electron chi connectivity index (χ4n) is 2.49. The first-order chi connectivity index (χ1) is 18.0. The Kier molecular flexibility index (Phi) is 10.7. The quantitative estimate of drug-likeness (QED) is 0.196. The predicted octanol–water partition coefficient (Wildman–Crippen LogP) is 4.21. The smallest absolute Gasteiger partial charge is 0.744 e. The molecule has 0 aliphatic heterocycles. The van der Waals surface area contributed by atoms with Crippen LogP contribution in [-0.2, 0) is 10.1 Å². The number of para-hydroxylation sites is 1. The fraction of sp³-hybridized carbons (Fsp3) is 0.625. The van der Waals surface area contributed by atoms with E-state index in [0.29, 0.717) is 6.07 Å². The van der Waals surface area contributed by atoms with Crippen LogP contribution < -0.4 is 34.3 Å². The van der Waals surface area contributed by atoms with Crippen LogP contribution in [0.15, 0.2) is 29.2 Å². The zero-order valence-electron chi connectivity index (χ0n) is 19.3. The second kappa shape index (κ2) is 11.1. The summed E-state index contributed by atoms with van der Waals surface area (Å²) in [6, 6.07) is 0.305. The van der Waals surface area contributed by atoms with Crippen LogP contribution in [-0.4, -0.2) is 72.6 Å². The van der Waals surface area contributed by atoms with Crippen LogP contribution >= 0.6 is 0 Å². The Morgan fingerprint density at radius 1 is 0.488 bits per heavy atom. The van der Waals surface area contributed by atoms with Gasteiger partial charge in [0.2, 0.25) is 0 Å². The molecule has 1 aromatic carbocycles. The molecule has 0 aromatic heterocycles. The third-order valence-corrected chi connectivity index (χ3v) is 5.71. The molecular formula is C16H4F21NaO4S. The standard InChI is InChI=1S/C16H5F21O4S.Na/c17-7(18,9(21,22)11(25,26)13(29,30)15(33,34)35)8(19,20)10(23,24)12(27,28)14(31,32)16(36,37)41-5-3-1-2-4-6(5)42(38,39)40;/h1-4H,(H,38,39,40);/q;+1/p-1. The number of hydrogen-bond donors (Lipinski definition) is 0. The van der Waals surface area contributed by atoms with E-state index in [9.17, 15) is 105 Å². The Morgan fingerprint density at radius 2 is 0.767 bits per heavy atom. The van der Waals surface area contributed by atoms with Crippen LogP contribution in [0.5, 0.6) is 5.75 Å². The third kappa shape index (κ3) is 5.81. The van der Waals surface area contributed by atoms with E-state index in [2.05, 4.69) is 4.74 Å². The van der Waals surface area contributed by atoms with Gasteiger partial charge in [0.1, 0.15) is 15.9 Å². The molecule has 0 aliphatic carbocycles. The fourth-order valence-corrected chi connectivity index (χ4v) is 3.09. The summed E-state index contributed by atoms with van der Waals surface area (Å²) in [6.45, 7) is 0. The molecule has 4 nitrogen and oxygen atoms in total. The first-order valence-corrected chi connectivity index (χ1v) is 10.6. The SMILES string of the molecule is O=S(=O)([O-])c1ccccc1OC(F)(F)C(F)(F)C(F)(F)C(F)(F)C(F)(F)C(F)(F)C(F)(F)C(F)(F)C(F)(F)C(F)(F)F.[Na+]. The average Bonchev–Trinajstić information content (AvgIpc) is 2.76. The summed E-state index contributed by atoms with van der Waals surface area (Å²) in [5, 5.41) is 0. The van der Waals surface area contributed by atoms with Gasteiger partial charge in [-0.3, -0.25) is 0 Å². The van der Waals surface area contributed by atoms with Crippen molar-refractivity contribution in [1.29, 1.82) is 0 Å². The molecule has 0 N–H and O–H groups in total. The molecule has 246 valence electrons. The molecule has 0 fully saturated rings. The minimum absolute atomic E-state index is 0. The van der Waals surface area contributed by atoms with Gasteiger partial charge in [0, 0.05) is 0 Å². The van der Waals surface area contributed by atoms with Crippen LogP contribution in [0.2, 0.25) is 0 Å². The maximum atomic E-state index is 13.9. The van der Waals surface area contributed by atoms with E-state index in [1.54, 1.807) is 0 Å².